The van der Waals surface area contributed by atoms with E-state index in [1.807, 2.05) is 0 Å². The quantitative estimate of drug-likeness (QED) is 0.0321. The normalized spacial score (nSPS) is 13.5. The van der Waals surface area contributed by atoms with Gasteiger partial charge in [0.05, 0.1) is 25.2 Å². The van der Waals surface area contributed by atoms with Crippen LogP contribution in [0.25, 0.3) is 0 Å². The van der Waals surface area contributed by atoms with E-state index in [0.29, 0.717) is 19.3 Å². The van der Waals surface area contributed by atoms with Gasteiger partial charge in [-0.05, 0) is 64.2 Å². The highest BCUT2D eigenvalue weighted by atomic mass is 16.5. The molecule has 0 aliphatic heterocycles. The predicted octanol–water partition coefficient (Wildman–Crippen LogP) is 17.8. The van der Waals surface area contributed by atoms with Crippen LogP contribution in [0.1, 0.15) is 297 Å². The minimum atomic E-state index is -0.793. The molecule has 0 aliphatic carbocycles. The molecule has 3 atom stereocenters. The van der Waals surface area contributed by atoms with Gasteiger partial charge in [0.15, 0.2) is 0 Å². The third-order valence-corrected chi connectivity index (χ3v) is 13.2. The number of amides is 1. The van der Waals surface area contributed by atoms with E-state index in [1.54, 1.807) is 0 Å². The Bertz CT molecular complexity index is 1130. The van der Waals surface area contributed by atoms with Crippen LogP contribution >= 0.6 is 0 Å². The number of allylic oxidation sites excluding steroid dienone is 8. The summed E-state index contributed by atoms with van der Waals surface area (Å²) < 4.78 is 5.95. The molecule has 386 valence electrons. The molecule has 0 heterocycles. The van der Waals surface area contributed by atoms with E-state index in [1.165, 1.54) is 167 Å². The van der Waals surface area contributed by atoms with Gasteiger partial charge in [0.2, 0.25) is 5.91 Å². The van der Waals surface area contributed by atoms with E-state index in [4.69, 9.17) is 4.74 Å². The average Bonchev–Trinajstić information content (AvgIpc) is 3.31. The summed E-state index contributed by atoms with van der Waals surface area (Å²) in [7, 11) is 0. The zero-order valence-electron chi connectivity index (χ0n) is 44.1. The van der Waals surface area contributed by atoms with E-state index in [2.05, 4.69) is 74.7 Å². The number of hydrogen-bond donors (Lipinski definition) is 3. The highest BCUT2D eigenvalue weighted by Gasteiger charge is 2.24. The lowest BCUT2D eigenvalue weighted by Gasteiger charge is -2.24. The second kappa shape index (κ2) is 53.8. The molecule has 0 fully saturated rings. The number of ether oxygens (including phenoxy) is 1. The summed E-state index contributed by atoms with van der Waals surface area (Å²) in [5.41, 5.74) is 0. The lowest BCUT2D eigenvalue weighted by molar-refractivity contribution is -0.151. The second-order valence-corrected chi connectivity index (χ2v) is 19.7. The number of aliphatic hydroxyl groups is 2. The molecule has 3 N–H and O–H groups in total. The topological polar surface area (TPSA) is 95.9 Å². The van der Waals surface area contributed by atoms with Gasteiger partial charge in [0, 0.05) is 6.42 Å². The Morgan fingerprint density at radius 1 is 0.455 bits per heavy atom. The van der Waals surface area contributed by atoms with Crippen LogP contribution in [0.3, 0.4) is 0 Å². The van der Waals surface area contributed by atoms with Crippen LogP contribution in [0.15, 0.2) is 48.6 Å². The van der Waals surface area contributed by atoms with Gasteiger partial charge >= 0.3 is 5.97 Å². The van der Waals surface area contributed by atoms with Gasteiger partial charge in [-0.2, -0.15) is 0 Å². The van der Waals surface area contributed by atoms with Crippen molar-refractivity contribution in [3.63, 3.8) is 0 Å². The number of hydrogen-bond acceptors (Lipinski definition) is 5. The summed E-state index contributed by atoms with van der Waals surface area (Å²) in [6.45, 7) is 6.40. The molecule has 6 heteroatoms. The largest absolute Gasteiger partial charge is 0.462 e. The Morgan fingerprint density at radius 3 is 1.23 bits per heavy atom. The van der Waals surface area contributed by atoms with Crippen molar-refractivity contribution in [2.24, 2.45) is 0 Å². The number of aliphatic hydroxyl groups excluding tert-OH is 2. The number of rotatable bonds is 52. The van der Waals surface area contributed by atoms with Crippen molar-refractivity contribution < 1.29 is 24.5 Å². The third kappa shape index (κ3) is 48.3. The number of carbonyl (C=O) groups is 2. The van der Waals surface area contributed by atoms with E-state index in [-0.39, 0.29) is 24.9 Å². The molecular formula is C60H111NO5. The van der Waals surface area contributed by atoms with Gasteiger partial charge < -0.3 is 20.3 Å². The molecule has 0 rings (SSSR count). The first-order chi connectivity index (χ1) is 32.5. The minimum Gasteiger partial charge on any atom is -0.462 e. The molecular weight excluding hydrogens is 815 g/mol. The first kappa shape index (κ1) is 63.8. The monoisotopic (exact) mass is 926 g/mol. The highest BCUT2D eigenvalue weighted by molar-refractivity contribution is 5.77. The van der Waals surface area contributed by atoms with Crippen LogP contribution in [0.5, 0.6) is 0 Å². The van der Waals surface area contributed by atoms with Crippen molar-refractivity contribution in [2.75, 3.05) is 6.61 Å². The van der Waals surface area contributed by atoms with Crippen LogP contribution in [0.4, 0.5) is 0 Å². The molecule has 0 aromatic heterocycles. The van der Waals surface area contributed by atoms with Crippen molar-refractivity contribution in [3.05, 3.63) is 48.6 Å². The molecule has 3 unspecified atom stereocenters. The fourth-order valence-corrected chi connectivity index (χ4v) is 8.84. The van der Waals surface area contributed by atoms with Gasteiger partial charge in [0.1, 0.15) is 6.10 Å². The van der Waals surface area contributed by atoms with Gasteiger partial charge in [0.25, 0.3) is 0 Å². The van der Waals surface area contributed by atoms with Crippen LogP contribution < -0.4 is 5.32 Å². The number of esters is 1. The van der Waals surface area contributed by atoms with Gasteiger partial charge in [-0.3, -0.25) is 9.59 Å². The number of carbonyl (C=O) groups excluding carboxylic acids is 2. The average molecular weight is 927 g/mol. The summed E-state index contributed by atoms with van der Waals surface area (Å²) in [6, 6.07) is -0.707. The summed E-state index contributed by atoms with van der Waals surface area (Å²) in [5, 5.41) is 23.9. The zero-order valence-corrected chi connectivity index (χ0v) is 44.1. The van der Waals surface area contributed by atoms with Crippen molar-refractivity contribution >= 4 is 11.9 Å². The molecule has 0 aliphatic rings. The fourth-order valence-electron chi connectivity index (χ4n) is 8.84. The molecule has 0 radical (unpaired) electrons. The van der Waals surface area contributed by atoms with Crippen molar-refractivity contribution in [1.29, 1.82) is 0 Å². The van der Waals surface area contributed by atoms with Crippen LogP contribution in [0.2, 0.25) is 0 Å². The molecule has 0 saturated carbocycles. The van der Waals surface area contributed by atoms with E-state index < -0.39 is 18.2 Å². The highest BCUT2D eigenvalue weighted by Crippen LogP contribution is 2.19. The lowest BCUT2D eigenvalue weighted by Crippen LogP contribution is -2.46. The Morgan fingerprint density at radius 2 is 0.818 bits per heavy atom. The van der Waals surface area contributed by atoms with Crippen LogP contribution in [-0.2, 0) is 14.3 Å². The summed E-state index contributed by atoms with van der Waals surface area (Å²) in [6.07, 6.45) is 66.0. The van der Waals surface area contributed by atoms with Gasteiger partial charge in [-0.15, -0.1) is 0 Å². The molecule has 0 bridgehead atoms. The molecule has 0 spiro atoms. The summed E-state index contributed by atoms with van der Waals surface area (Å²) >= 11 is 0. The van der Waals surface area contributed by atoms with Gasteiger partial charge in [-0.25, -0.2) is 0 Å². The van der Waals surface area contributed by atoms with Crippen molar-refractivity contribution in [2.45, 2.75) is 315 Å². The lowest BCUT2D eigenvalue weighted by atomic mass is 10.0. The second-order valence-electron chi connectivity index (χ2n) is 19.7. The van der Waals surface area contributed by atoms with E-state index >= 15 is 0 Å². The molecule has 0 saturated heterocycles. The molecule has 0 aromatic carbocycles. The Hall–Kier alpha value is -2.18. The van der Waals surface area contributed by atoms with Crippen LogP contribution in [0, 0.1) is 0 Å². The fraction of sp³-hybridized carbons (Fsp3) is 0.833. The first-order valence-electron chi connectivity index (χ1n) is 28.9. The van der Waals surface area contributed by atoms with Crippen molar-refractivity contribution in [3.8, 4) is 0 Å². The summed E-state index contributed by atoms with van der Waals surface area (Å²) in [5.74, 6) is -0.496. The Balaban J connectivity index is 4.58. The minimum absolute atomic E-state index is 0.0679. The Labute approximate surface area is 410 Å². The molecule has 1 amide bonds. The maximum Gasteiger partial charge on any atom is 0.306 e. The number of nitrogens with one attached hydrogen (secondary N) is 1. The smallest absolute Gasteiger partial charge is 0.306 e. The maximum atomic E-state index is 13.3. The third-order valence-electron chi connectivity index (χ3n) is 13.2. The van der Waals surface area contributed by atoms with E-state index in [9.17, 15) is 19.8 Å². The molecule has 6 nitrogen and oxygen atoms in total. The summed E-state index contributed by atoms with van der Waals surface area (Å²) in [4.78, 5) is 26.3. The predicted molar refractivity (Wildman–Crippen MR) is 287 cm³/mol. The van der Waals surface area contributed by atoms with Crippen molar-refractivity contribution in [1.82, 2.24) is 5.32 Å². The SMILES string of the molecule is CC/C=C/C/C=C/C/C=C/C/C=C/CCCCCC(=O)OC(CCCCCCCCCCCCCCCCCC)CC(=O)NC(CO)C(O)CCCCCCCCCCCCCCCCC. The molecule has 66 heavy (non-hydrogen) atoms. The van der Waals surface area contributed by atoms with Gasteiger partial charge in [-0.1, -0.05) is 268 Å². The van der Waals surface area contributed by atoms with E-state index in [0.717, 1.165) is 83.5 Å². The standard InChI is InChI=1S/C60H111NO5/c1-4-7-10-13-16-19-22-25-28-31-33-36-39-42-45-48-51-56(66-60(65)53-50-47-44-41-38-35-32-29-26-23-20-17-14-11-8-5-2)54-59(64)61-57(55-62)58(63)52-49-46-43-40-37-34-30-27-24-21-18-15-12-9-6-3/h8,11,17,20,26,29,35,38,56-58,62-63H,4-7,9-10,12-16,18-19,21-25,27-28,30-34,36-37,39-55H2,1-3H3,(H,61,64)/b11-8+,20-17+,29-26+,38-35+. The first-order valence-corrected chi connectivity index (χ1v) is 28.9. The Kier molecular flexibility index (Phi) is 52.0. The zero-order chi connectivity index (χ0) is 48.1. The van der Waals surface area contributed by atoms with Crippen LogP contribution in [-0.4, -0.2) is 46.9 Å². The maximum absolute atomic E-state index is 13.3. The number of unbranched alkanes of at least 4 members (excludes halogenated alkanes) is 32. The molecule has 0 aromatic rings.